The summed E-state index contributed by atoms with van der Waals surface area (Å²) in [5.74, 6) is 0.191. The Hall–Kier alpha value is -1.14. The molecule has 2 aromatic carbocycles. The highest BCUT2D eigenvalue weighted by atomic mass is 79.9. The Morgan fingerprint density at radius 2 is 1.75 bits per heavy atom. The van der Waals surface area contributed by atoms with Crippen LogP contribution in [0, 0.1) is 0 Å². The van der Waals surface area contributed by atoms with Crippen LogP contribution in [0.25, 0.3) is 0 Å². The van der Waals surface area contributed by atoms with Crippen LogP contribution >= 0.6 is 50.7 Å². The SMILES string of the molecule is COc1ccccc1N[C@H](NC(=O)c1ccc(Br)cc1)C(Cl)(Cl)Cl. The number of hydrogen-bond donors (Lipinski definition) is 2. The van der Waals surface area contributed by atoms with Crippen LogP contribution in [-0.2, 0) is 0 Å². The van der Waals surface area contributed by atoms with Crippen molar-refractivity contribution in [2.75, 3.05) is 12.4 Å². The van der Waals surface area contributed by atoms with Gasteiger partial charge in [-0.05, 0) is 36.4 Å². The predicted octanol–water partition coefficient (Wildman–Crippen LogP) is 5.00. The highest BCUT2D eigenvalue weighted by molar-refractivity contribution is 9.10. The van der Waals surface area contributed by atoms with E-state index in [1.54, 1.807) is 42.5 Å². The molecule has 0 aromatic heterocycles. The maximum absolute atomic E-state index is 12.4. The Bertz CT molecular complexity index is 705. The normalized spacial score (nSPS) is 12.4. The van der Waals surface area contributed by atoms with Crippen molar-refractivity contribution in [3.05, 3.63) is 58.6 Å². The summed E-state index contributed by atoms with van der Waals surface area (Å²) in [6, 6.07) is 14.0. The monoisotopic (exact) mass is 450 g/mol. The molecule has 0 aliphatic heterocycles. The quantitative estimate of drug-likeness (QED) is 0.496. The number of anilines is 1. The van der Waals surface area contributed by atoms with Gasteiger partial charge in [-0.2, -0.15) is 0 Å². The number of rotatable bonds is 5. The molecule has 1 atom stereocenters. The lowest BCUT2D eigenvalue weighted by Crippen LogP contribution is -2.49. The van der Waals surface area contributed by atoms with E-state index in [1.165, 1.54) is 7.11 Å². The van der Waals surface area contributed by atoms with E-state index in [9.17, 15) is 4.79 Å². The van der Waals surface area contributed by atoms with E-state index >= 15 is 0 Å². The highest BCUT2D eigenvalue weighted by Crippen LogP contribution is 2.33. The molecule has 0 fully saturated rings. The number of hydrogen-bond acceptors (Lipinski definition) is 3. The summed E-state index contributed by atoms with van der Waals surface area (Å²) in [5, 5.41) is 5.66. The Morgan fingerprint density at radius 3 is 2.33 bits per heavy atom. The first-order valence-electron chi connectivity index (χ1n) is 6.84. The molecule has 0 saturated heterocycles. The first-order valence-corrected chi connectivity index (χ1v) is 8.76. The van der Waals surface area contributed by atoms with Crippen LogP contribution in [0.1, 0.15) is 10.4 Å². The number of benzene rings is 2. The van der Waals surface area contributed by atoms with Crippen molar-refractivity contribution >= 4 is 62.3 Å². The van der Waals surface area contributed by atoms with Crippen molar-refractivity contribution in [1.82, 2.24) is 5.32 Å². The molecule has 2 aromatic rings. The maximum Gasteiger partial charge on any atom is 0.252 e. The second-order valence-corrected chi connectivity index (χ2v) is 8.08. The molecule has 0 aliphatic rings. The third kappa shape index (κ3) is 5.18. The van der Waals surface area contributed by atoms with Crippen LogP contribution in [0.15, 0.2) is 53.0 Å². The molecule has 1 amide bonds. The summed E-state index contributed by atoms with van der Waals surface area (Å²) < 4.78 is 4.34. The minimum Gasteiger partial charge on any atom is -0.495 e. The smallest absolute Gasteiger partial charge is 0.252 e. The molecule has 0 spiro atoms. The molecule has 0 bridgehead atoms. The zero-order valence-electron chi connectivity index (χ0n) is 12.5. The van der Waals surface area contributed by atoms with Crippen LogP contribution in [0.3, 0.4) is 0 Å². The van der Waals surface area contributed by atoms with Crippen LogP contribution in [0.4, 0.5) is 5.69 Å². The van der Waals surface area contributed by atoms with E-state index in [1.807, 2.05) is 6.07 Å². The predicted molar refractivity (Wildman–Crippen MR) is 102 cm³/mol. The van der Waals surface area contributed by atoms with Gasteiger partial charge in [-0.1, -0.05) is 62.9 Å². The summed E-state index contributed by atoms with van der Waals surface area (Å²) >= 11 is 21.3. The minimum absolute atomic E-state index is 0.374. The van der Waals surface area contributed by atoms with E-state index < -0.39 is 9.96 Å². The zero-order valence-corrected chi connectivity index (χ0v) is 16.4. The molecular weight excluding hydrogens is 438 g/mol. The molecule has 128 valence electrons. The fraction of sp³-hybridized carbons (Fsp3) is 0.188. The summed E-state index contributed by atoms with van der Waals surface area (Å²) in [5.41, 5.74) is 1.03. The lowest BCUT2D eigenvalue weighted by Gasteiger charge is -2.28. The Morgan fingerprint density at radius 1 is 1.12 bits per heavy atom. The molecule has 8 heteroatoms. The van der Waals surface area contributed by atoms with Crippen molar-refractivity contribution in [2.45, 2.75) is 9.96 Å². The second kappa shape index (κ2) is 8.30. The summed E-state index contributed by atoms with van der Waals surface area (Å²) in [6.07, 6.45) is -0.963. The van der Waals surface area contributed by atoms with Crippen LogP contribution in [-0.4, -0.2) is 23.0 Å². The van der Waals surface area contributed by atoms with Crippen molar-refractivity contribution in [3.63, 3.8) is 0 Å². The average molecular weight is 453 g/mol. The molecule has 0 unspecified atom stereocenters. The van der Waals surface area contributed by atoms with Gasteiger partial charge in [0, 0.05) is 10.0 Å². The van der Waals surface area contributed by atoms with Crippen LogP contribution in [0.5, 0.6) is 5.75 Å². The summed E-state index contributed by atoms with van der Waals surface area (Å²) in [6.45, 7) is 0. The van der Waals surface area contributed by atoms with Crippen molar-refractivity contribution in [1.29, 1.82) is 0 Å². The van der Waals surface area contributed by atoms with Gasteiger partial charge in [0.15, 0.2) is 0 Å². The largest absolute Gasteiger partial charge is 0.495 e. The Balaban J connectivity index is 2.20. The lowest BCUT2D eigenvalue weighted by atomic mass is 10.2. The van der Waals surface area contributed by atoms with Crippen molar-refractivity contribution < 1.29 is 9.53 Å². The number of halogens is 4. The third-order valence-corrected chi connectivity index (χ3v) is 4.30. The summed E-state index contributed by atoms with van der Waals surface area (Å²) in [4.78, 5) is 12.4. The van der Waals surface area contributed by atoms with E-state index in [2.05, 4.69) is 26.6 Å². The number of carbonyl (C=O) groups is 1. The van der Waals surface area contributed by atoms with E-state index in [-0.39, 0.29) is 5.91 Å². The van der Waals surface area contributed by atoms with Gasteiger partial charge < -0.3 is 15.4 Å². The van der Waals surface area contributed by atoms with Gasteiger partial charge >= 0.3 is 0 Å². The van der Waals surface area contributed by atoms with Gasteiger partial charge in [-0.25, -0.2) is 0 Å². The number of carbonyl (C=O) groups excluding carboxylic acids is 1. The van der Waals surface area contributed by atoms with Gasteiger partial charge in [-0.15, -0.1) is 0 Å². The fourth-order valence-electron chi connectivity index (χ4n) is 1.93. The van der Waals surface area contributed by atoms with Gasteiger partial charge in [0.05, 0.1) is 12.8 Å². The minimum atomic E-state index is -1.77. The molecule has 2 N–H and O–H groups in total. The molecule has 0 radical (unpaired) electrons. The third-order valence-electron chi connectivity index (χ3n) is 3.12. The van der Waals surface area contributed by atoms with E-state index in [4.69, 9.17) is 39.5 Å². The second-order valence-electron chi connectivity index (χ2n) is 4.80. The Kier molecular flexibility index (Phi) is 6.63. The molecule has 2 rings (SSSR count). The topological polar surface area (TPSA) is 50.4 Å². The first-order chi connectivity index (χ1) is 11.3. The number of alkyl halides is 3. The van der Waals surface area contributed by atoms with Gasteiger partial charge in [0.25, 0.3) is 5.91 Å². The molecule has 0 saturated carbocycles. The molecule has 4 nitrogen and oxygen atoms in total. The lowest BCUT2D eigenvalue weighted by molar-refractivity contribution is 0.0941. The number of methoxy groups -OCH3 is 1. The number of ether oxygens (including phenoxy) is 1. The van der Waals surface area contributed by atoms with Crippen molar-refractivity contribution in [3.8, 4) is 5.75 Å². The highest BCUT2D eigenvalue weighted by Gasteiger charge is 2.34. The average Bonchev–Trinajstić information content (AvgIpc) is 2.54. The van der Waals surface area contributed by atoms with Gasteiger partial charge in [0.1, 0.15) is 11.9 Å². The number of nitrogens with one attached hydrogen (secondary N) is 2. The first kappa shape index (κ1) is 19.2. The zero-order chi connectivity index (χ0) is 17.7. The molecule has 0 heterocycles. The molecular formula is C16H14BrCl3N2O2. The van der Waals surface area contributed by atoms with Gasteiger partial charge in [0.2, 0.25) is 3.79 Å². The standard InChI is InChI=1S/C16H14BrCl3N2O2/c1-24-13-5-3-2-4-12(13)21-15(16(18,19)20)22-14(23)10-6-8-11(17)9-7-10/h2-9,15,21H,1H3,(H,22,23)/t15-/m1/s1. The number of amides is 1. The fourth-order valence-corrected chi connectivity index (χ4v) is 2.53. The van der Waals surface area contributed by atoms with E-state index in [0.29, 0.717) is 17.0 Å². The van der Waals surface area contributed by atoms with Crippen LogP contribution < -0.4 is 15.4 Å². The van der Waals surface area contributed by atoms with Crippen molar-refractivity contribution in [2.24, 2.45) is 0 Å². The maximum atomic E-state index is 12.4. The Labute approximate surface area is 163 Å². The number of para-hydroxylation sites is 2. The molecule has 0 aliphatic carbocycles. The van der Waals surface area contributed by atoms with Crippen LogP contribution in [0.2, 0.25) is 0 Å². The van der Waals surface area contributed by atoms with E-state index in [0.717, 1.165) is 4.47 Å². The summed E-state index contributed by atoms with van der Waals surface area (Å²) in [7, 11) is 1.53. The molecule has 24 heavy (non-hydrogen) atoms. The van der Waals surface area contributed by atoms with Gasteiger partial charge in [-0.3, -0.25) is 4.79 Å².